The van der Waals surface area contributed by atoms with Gasteiger partial charge in [0.1, 0.15) is 12.5 Å². The number of carbonyl (C=O) groups is 2. The smallest absolute Gasteiger partial charge is 0.397 e. The van der Waals surface area contributed by atoms with Crippen molar-refractivity contribution in [3.63, 3.8) is 0 Å². The summed E-state index contributed by atoms with van der Waals surface area (Å²) >= 11 is 0. The van der Waals surface area contributed by atoms with Gasteiger partial charge < -0.3 is 10.4 Å². The number of aryl methyl sites for hydroxylation is 1. The molecule has 1 aromatic carbocycles. The van der Waals surface area contributed by atoms with Gasteiger partial charge in [0, 0.05) is 0 Å². The van der Waals surface area contributed by atoms with Gasteiger partial charge in [0.2, 0.25) is 5.91 Å². The highest BCUT2D eigenvalue weighted by atomic mass is 19.4. The molecule has 0 radical (unpaired) electrons. The van der Waals surface area contributed by atoms with Crippen LogP contribution in [-0.2, 0) is 16.0 Å². The number of nitrogens with one attached hydrogen (secondary N) is 1. The molecule has 0 saturated carbocycles. The maximum Gasteiger partial charge on any atom is 0.397 e. The fourth-order valence-corrected chi connectivity index (χ4v) is 1.64. The second-order valence-electron chi connectivity index (χ2n) is 4.27. The monoisotopic (exact) mass is 289 g/mol. The molecule has 0 aliphatic rings. The van der Waals surface area contributed by atoms with Crippen LogP contribution in [0.5, 0.6) is 0 Å². The van der Waals surface area contributed by atoms with Gasteiger partial charge >= 0.3 is 12.1 Å². The van der Waals surface area contributed by atoms with E-state index in [2.05, 4.69) is 0 Å². The molecule has 7 heteroatoms. The summed E-state index contributed by atoms with van der Waals surface area (Å²) in [5.41, 5.74) is 0.851. The second kappa shape index (κ2) is 6.93. The van der Waals surface area contributed by atoms with Gasteiger partial charge in [-0.1, -0.05) is 30.3 Å². The minimum absolute atomic E-state index is 0.0307. The molecule has 0 spiro atoms. The van der Waals surface area contributed by atoms with Crippen LogP contribution in [0.15, 0.2) is 30.3 Å². The van der Waals surface area contributed by atoms with Crippen LogP contribution in [-0.4, -0.2) is 29.2 Å². The maximum atomic E-state index is 12.0. The van der Waals surface area contributed by atoms with E-state index >= 15 is 0 Å². The first-order valence-electron chi connectivity index (χ1n) is 5.91. The van der Waals surface area contributed by atoms with Gasteiger partial charge in [-0.25, -0.2) is 4.79 Å². The highest BCUT2D eigenvalue weighted by Gasteiger charge is 2.32. The number of carbonyl (C=O) groups excluding carboxylic acids is 1. The molecule has 0 aromatic heterocycles. The van der Waals surface area contributed by atoms with Crippen molar-refractivity contribution in [3.8, 4) is 0 Å². The summed E-state index contributed by atoms with van der Waals surface area (Å²) < 4.78 is 36.0. The summed E-state index contributed by atoms with van der Waals surface area (Å²) in [6.07, 6.45) is -5.94. The molecule has 0 fully saturated rings. The first kappa shape index (κ1) is 16.0. The summed E-state index contributed by atoms with van der Waals surface area (Å²) in [5.74, 6) is -2.69. The fourth-order valence-electron chi connectivity index (χ4n) is 1.64. The highest BCUT2D eigenvalue weighted by Crippen LogP contribution is 2.19. The van der Waals surface area contributed by atoms with Gasteiger partial charge in [-0.15, -0.1) is 0 Å². The van der Waals surface area contributed by atoms with Crippen molar-refractivity contribution in [2.45, 2.75) is 31.5 Å². The van der Waals surface area contributed by atoms with Crippen LogP contribution >= 0.6 is 0 Å². The molecular formula is C13H14F3NO3. The van der Waals surface area contributed by atoms with E-state index in [0.29, 0.717) is 6.42 Å². The zero-order valence-electron chi connectivity index (χ0n) is 10.5. The molecule has 2 N–H and O–H groups in total. The van der Waals surface area contributed by atoms with Crippen molar-refractivity contribution in [1.82, 2.24) is 5.32 Å². The van der Waals surface area contributed by atoms with Crippen molar-refractivity contribution in [1.29, 1.82) is 0 Å². The van der Waals surface area contributed by atoms with Gasteiger partial charge in [0.05, 0.1) is 0 Å². The fraction of sp³-hybridized carbons (Fsp3) is 0.385. The SMILES string of the molecule is O=C(CC(F)(F)F)N[C@@H](CCc1ccccc1)C(=O)O. The van der Waals surface area contributed by atoms with Crippen LogP contribution < -0.4 is 5.32 Å². The second-order valence-corrected chi connectivity index (χ2v) is 4.27. The molecule has 1 rings (SSSR count). The predicted octanol–water partition coefficient (Wildman–Crippen LogP) is 2.14. The predicted molar refractivity (Wildman–Crippen MR) is 65.0 cm³/mol. The Morgan fingerprint density at radius 2 is 1.80 bits per heavy atom. The van der Waals surface area contributed by atoms with E-state index in [-0.39, 0.29) is 6.42 Å². The Morgan fingerprint density at radius 1 is 1.20 bits per heavy atom. The van der Waals surface area contributed by atoms with E-state index in [4.69, 9.17) is 5.11 Å². The average Bonchev–Trinajstić information content (AvgIpc) is 2.33. The van der Waals surface area contributed by atoms with Crippen molar-refractivity contribution in [3.05, 3.63) is 35.9 Å². The molecule has 1 amide bonds. The lowest BCUT2D eigenvalue weighted by Gasteiger charge is -2.15. The van der Waals surface area contributed by atoms with E-state index in [9.17, 15) is 22.8 Å². The number of carboxylic acid groups (broad SMARTS) is 1. The Labute approximate surface area is 113 Å². The Bertz CT molecular complexity index is 460. The number of hydrogen-bond acceptors (Lipinski definition) is 2. The molecule has 0 unspecified atom stereocenters. The van der Waals surface area contributed by atoms with Crippen LogP contribution in [0.1, 0.15) is 18.4 Å². The molecule has 0 aliphatic carbocycles. The maximum absolute atomic E-state index is 12.0. The number of halogens is 3. The first-order chi connectivity index (χ1) is 9.28. The lowest BCUT2D eigenvalue weighted by Crippen LogP contribution is -2.42. The van der Waals surface area contributed by atoms with Crippen LogP contribution in [0.25, 0.3) is 0 Å². The average molecular weight is 289 g/mol. The lowest BCUT2D eigenvalue weighted by molar-refractivity contribution is -0.156. The molecule has 0 aliphatic heterocycles. The van der Waals surface area contributed by atoms with Crippen molar-refractivity contribution in [2.75, 3.05) is 0 Å². The van der Waals surface area contributed by atoms with Crippen LogP contribution in [0.2, 0.25) is 0 Å². The van der Waals surface area contributed by atoms with Crippen LogP contribution in [0.4, 0.5) is 13.2 Å². The van der Waals surface area contributed by atoms with Crippen molar-refractivity contribution < 1.29 is 27.9 Å². The van der Waals surface area contributed by atoms with E-state index in [1.54, 1.807) is 30.3 Å². The van der Waals surface area contributed by atoms with E-state index < -0.39 is 30.5 Å². The molecule has 1 atom stereocenters. The molecule has 0 bridgehead atoms. The minimum Gasteiger partial charge on any atom is -0.480 e. The number of rotatable bonds is 6. The van der Waals surface area contributed by atoms with Gasteiger partial charge in [0.25, 0.3) is 0 Å². The molecule has 0 heterocycles. The number of aliphatic carboxylic acids is 1. The molecular weight excluding hydrogens is 275 g/mol. The van der Waals surface area contributed by atoms with E-state index in [0.717, 1.165) is 5.56 Å². The number of alkyl halides is 3. The third-order valence-electron chi connectivity index (χ3n) is 2.56. The van der Waals surface area contributed by atoms with E-state index in [1.165, 1.54) is 0 Å². The Morgan fingerprint density at radius 3 is 2.30 bits per heavy atom. The molecule has 110 valence electrons. The number of amides is 1. The normalized spacial score (nSPS) is 12.8. The molecule has 1 aromatic rings. The lowest BCUT2D eigenvalue weighted by atomic mass is 10.1. The third kappa shape index (κ3) is 6.21. The third-order valence-corrected chi connectivity index (χ3v) is 2.56. The summed E-state index contributed by atoms with van der Waals surface area (Å²) in [7, 11) is 0. The summed E-state index contributed by atoms with van der Waals surface area (Å²) in [6.45, 7) is 0. The van der Waals surface area contributed by atoms with Gasteiger partial charge in [-0.05, 0) is 18.4 Å². The number of carboxylic acids is 1. The Balaban J connectivity index is 2.53. The largest absolute Gasteiger partial charge is 0.480 e. The Hall–Kier alpha value is -2.05. The number of benzene rings is 1. The Kier molecular flexibility index (Phi) is 5.54. The summed E-state index contributed by atoms with van der Waals surface area (Å²) in [5, 5.41) is 10.8. The standard InChI is InChI=1S/C13H14F3NO3/c14-13(15,16)8-11(18)17-10(12(19)20)7-6-9-4-2-1-3-5-9/h1-5,10H,6-8H2,(H,17,18)(H,19,20)/t10-/m0/s1. The summed E-state index contributed by atoms with van der Waals surface area (Å²) in [4.78, 5) is 22.0. The zero-order valence-corrected chi connectivity index (χ0v) is 10.5. The quantitative estimate of drug-likeness (QED) is 0.843. The van der Waals surface area contributed by atoms with Gasteiger partial charge in [-0.3, -0.25) is 4.79 Å². The van der Waals surface area contributed by atoms with Crippen molar-refractivity contribution >= 4 is 11.9 Å². The number of hydrogen-bond donors (Lipinski definition) is 2. The van der Waals surface area contributed by atoms with Crippen LogP contribution in [0, 0.1) is 0 Å². The van der Waals surface area contributed by atoms with Crippen LogP contribution in [0.3, 0.4) is 0 Å². The van der Waals surface area contributed by atoms with Crippen molar-refractivity contribution in [2.24, 2.45) is 0 Å². The zero-order chi connectivity index (χ0) is 15.2. The topological polar surface area (TPSA) is 66.4 Å². The van der Waals surface area contributed by atoms with E-state index in [1.807, 2.05) is 5.32 Å². The summed E-state index contributed by atoms with van der Waals surface area (Å²) in [6, 6.07) is 7.56. The highest BCUT2D eigenvalue weighted by molar-refractivity contribution is 5.83. The molecule has 4 nitrogen and oxygen atoms in total. The minimum atomic E-state index is -4.65. The first-order valence-corrected chi connectivity index (χ1v) is 5.91. The van der Waals surface area contributed by atoms with Gasteiger partial charge in [0.15, 0.2) is 0 Å². The molecule has 0 saturated heterocycles. The van der Waals surface area contributed by atoms with Gasteiger partial charge in [-0.2, -0.15) is 13.2 Å². The molecule has 20 heavy (non-hydrogen) atoms.